The molecule has 0 aliphatic carbocycles. The minimum absolute atomic E-state index is 0.0411. The molecule has 1 amide bonds. The normalized spacial score (nSPS) is 24.2. The Bertz CT molecular complexity index is 599. The van der Waals surface area contributed by atoms with Gasteiger partial charge in [0.25, 0.3) is 0 Å². The zero-order valence-corrected chi connectivity index (χ0v) is 14.2. The summed E-state index contributed by atoms with van der Waals surface area (Å²) in [5.74, 6) is -0.988. The summed E-state index contributed by atoms with van der Waals surface area (Å²) in [5, 5.41) is 13.2. The number of aliphatic hydroxyl groups is 1. The number of fused-ring (bicyclic) bond motifs is 1. The van der Waals surface area contributed by atoms with Gasteiger partial charge in [0.15, 0.2) is 0 Å². The van der Waals surface area contributed by atoms with Gasteiger partial charge in [-0.15, -0.1) is 11.8 Å². The van der Waals surface area contributed by atoms with E-state index in [9.17, 15) is 14.7 Å². The number of hydrogen-bond acceptors (Lipinski definition) is 7. The molecule has 1 fully saturated rings. The number of amides is 1. The van der Waals surface area contributed by atoms with Gasteiger partial charge < -0.3 is 14.7 Å². The summed E-state index contributed by atoms with van der Waals surface area (Å²) in [7, 11) is 0. The molecule has 24 heavy (non-hydrogen) atoms. The Labute approximate surface area is 144 Å². The summed E-state index contributed by atoms with van der Waals surface area (Å²) in [4.78, 5) is 31.0. The Kier molecular flexibility index (Phi) is 6.22. The first kappa shape index (κ1) is 18.3. The van der Waals surface area contributed by atoms with Gasteiger partial charge in [0, 0.05) is 11.3 Å². The lowest BCUT2D eigenvalue weighted by Crippen LogP contribution is -2.64. The van der Waals surface area contributed by atoms with Crippen molar-refractivity contribution in [2.75, 3.05) is 19.0 Å². The largest absolute Gasteiger partial charge is 0.457 e. The Balaban J connectivity index is 2.27. The van der Waals surface area contributed by atoms with Crippen molar-refractivity contribution in [2.45, 2.75) is 18.4 Å². The van der Waals surface area contributed by atoms with E-state index >= 15 is 0 Å². The highest BCUT2D eigenvalue weighted by Crippen LogP contribution is 2.44. The van der Waals surface area contributed by atoms with Crippen molar-refractivity contribution >= 4 is 29.9 Å². The lowest BCUT2D eigenvalue weighted by atomic mass is 9.91. The molecule has 0 spiro atoms. The molecule has 7 nitrogen and oxygen atoms in total. The minimum Gasteiger partial charge on any atom is -0.457 e. The third-order valence-electron chi connectivity index (χ3n) is 3.56. The van der Waals surface area contributed by atoms with Gasteiger partial charge >= 0.3 is 5.97 Å². The number of ether oxygens (including phenoxy) is 1. The first-order chi connectivity index (χ1) is 11.5. The number of thioether (sulfide) groups is 1. The topological polar surface area (TPSA) is 88.4 Å². The van der Waals surface area contributed by atoms with E-state index in [0.717, 1.165) is 0 Å². The molecule has 0 aromatic rings. The number of esters is 1. The van der Waals surface area contributed by atoms with Gasteiger partial charge in [0.05, 0.1) is 23.6 Å². The molecule has 3 atom stereocenters. The number of carbonyl (C=O) groups is 2. The Hall–Kier alpha value is -2.06. The highest BCUT2D eigenvalue weighted by molar-refractivity contribution is 8.00. The molecule has 0 saturated carbocycles. The third-order valence-corrected chi connectivity index (χ3v) is 4.88. The lowest BCUT2D eigenvalue weighted by molar-refractivity contribution is -0.158. The SMILES string of the molecule is C=CCON=CC1=C(C(=O)OCC=C)N2C(=O)[C@H]([C@@H](C)O)[C@H]2SC1. The molecule has 8 heteroatoms. The van der Waals surface area contributed by atoms with E-state index in [2.05, 4.69) is 18.3 Å². The lowest BCUT2D eigenvalue weighted by Gasteiger charge is -2.50. The second-order valence-corrected chi connectivity index (χ2v) is 6.36. The van der Waals surface area contributed by atoms with Crippen molar-refractivity contribution in [1.82, 2.24) is 4.90 Å². The summed E-state index contributed by atoms with van der Waals surface area (Å²) in [6.45, 7) is 8.86. The first-order valence-electron chi connectivity index (χ1n) is 7.43. The molecule has 2 rings (SSSR count). The fourth-order valence-corrected chi connectivity index (χ4v) is 3.94. The summed E-state index contributed by atoms with van der Waals surface area (Å²) >= 11 is 1.46. The number of rotatable bonds is 8. The van der Waals surface area contributed by atoms with Crippen LogP contribution in [-0.4, -0.2) is 58.5 Å². The molecule has 0 aromatic carbocycles. The highest BCUT2D eigenvalue weighted by atomic mass is 32.2. The zero-order chi connectivity index (χ0) is 17.7. The van der Waals surface area contributed by atoms with Crippen molar-refractivity contribution in [1.29, 1.82) is 0 Å². The second-order valence-electron chi connectivity index (χ2n) is 5.26. The van der Waals surface area contributed by atoms with Gasteiger partial charge in [-0.25, -0.2) is 4.79 Å². The van der Waals surface area contributed by atoms with Gasteiger partial charge in [0.2, 0.25) is 5.91 Å². The molecule has 0 aromatic heterocycles. The maximum absolute atomic E-state index is 12.4. The number of hydrogen-bond donors (Lipinski definition) is 1. The fraction of sp³-hybridized carbons (Fsp3) is 0.438. The highest BCUT2D eigenvalue weighted by Gasteiger charge is 2.55. The molecule has 1 saturated heterocycles. The van der Waals surface area contributed by atoms with Crippen LogP contribution < -0.4 is 0 Å². The van der Waals surface area contributed by atoms with Gasteiger partial charge in [-0.3, -0.25) is 9.69 Å². The van der Waals surface area contributed by atoms with Crippen molar-refractivity contribution < 1.29 is 24.3 Å². The van der Waals surface area contributed by atoms with E-state index in [0.29, 0.717) is 11.3 Å². The molecule has 1 N–H and O–H groups in total. The van der Waals surface area contributed by atoms with Crippen LogP contribution in [0.5, 0.6) is 0 Å². The van der Waals surface area contributed by atoms with Gasteiger partial charge in [-0.05, 0) is 6.92 Å². The molecular formula is C16H20N2O5S. The molecule has 2 aliphatic rings. The Morgan fingerprint density at radius 3 is 2.83 bits per heavy atom. The van der Waals surface area contributed by atoms with E-state index in [4.69, 9.17) is 9.57 Å². The van der Waals surface area contributed by atoms with Crippen molar-refractivity contribution in [3.05, 3.63) is 36.6 Å². The van der Waals surface area contributed by atoms with E-state index in [-0.39, 0.29) is 30.2 Å². The first-order valence-corrected chi connectivity index (χ1v) is 8.48. The Morgan fingerprint density at radius 2 is 2.21 bits per heavy atom. The predicted molar refractivity (Wildman–Crippen MR) is 91.1 cm³/mol. The van der Waals surface area contributed by atoms with Crippen LogP contribution in [0.2, 0.25) is 0 Å². The number of aliphatic hydroxyl groups excluding tert-OH is 1. The maximum Gasteiger partial charge on any atom is 0.355 e. The fourth-order valence-electron chi connectivity index (χ4n) is 2.47. The molecular weight excluding hydrogens is 332 g/mol. The molecule has 130 valence electrons. The second kappa shape index (κ2) is 8.16. The number of nitrogens with zero attached hydrogens (tertiary/aromatic N) is 2. The Morgan fingerprint density at radius 1 is 1.50 bits per heavy atom. The van der Waals surface area contributed by atoms with Crippen LogP contribution in [-0.2, 0) is 19.2 Å². The number of oxime groups is 1. The summed E-state index contributed by atoms with van der Waals surface area (Å²) in [6, 6.07) is 0. The standard InChI is InChI=1S/C16H20N2O5S/c1-4-6-22-16(21)13-11(8-17-23-7-5-2)9-24-15-12(10(3)19)14(20)18(13)15/h4-5,8,10,12,15,19H,1-2,6-7,9H2,3H3/t10-,12+,15-/m1/s1. The zero-order valence-electron chi connectivity index (χ0n) is 13.4. The van der Waals surface area contributed by atoms with E-state index in [1.165, 1.54) is 29.0 Å². The number of carbonyl (C=O) groups excluding carboxylic acids is 2. The van der Waals surface area contributed by atoms with Crippen LogP contribution in [0, 0.1) is 5.92 Å². The molecule has 0 radical (unpaired) electrons. The van der Waals surface area contributed by atoms with Crippen LogP contribution in [0.15, 0.2) is 41.7 Å². The van der Waals surface area contributed by atoms with Crippen molar-refractivity contribution in [3.63, 3.8) is 0 Å². The molecule has 2 aliphatic heterocycles. The van der Waals surface area contributed by atoms with Crippen LogP contribution in [0.25, 0.3) is 0 Å². The monoisotopic (exact) mass is 352 g/mol. The van der Waals surface area contributed by atoms with Crippen LogP contribution in [0.1, 0.15) is 6.92 Å². The van der Waals surface area contributed by atoms with Gasteiger partial charge in [-0.2, -0.15) is 0 Å². The quantitative estimate of drug-likeness (QED) is 0.176. The summed E-state index contributed by atoms with van der Waals surface area (Å²) in [5.41, 5.74) is 0.681. The van der Waals surface area contributed by atoms with Crippen LogP contribution in [0.4, 0.5) is 0 Å². The minimum atomic E-state index is -0.775. The third kappa shape index (κ3) is 3.54. The molecule has 0 unspecified atom stereocenters. The average molecular weight is 352 g/mol. The molecule has 2 heterocycles. The summed E-state index contributed by atoms with van der Waals surface area (Å²) < 4.78 is 5.09. The van der Waals surface area contributed by atoms with Crippen LogP contribution in [0.3, 0.4) is 0 Å². The van der Waals surface area contributed by atoms with Gasteiger partial charge in [-0.1, -0.05) is 30.5 Å². The van der Waals surface area contributed by atoms with E-state index in [1.807, 2.05) is 0 Å². The molecule has 0 bridgehead atoms. The summed E-state index contributed by atoms with van der Waals surface area (Å²) in [6.07, 6.45) is 3.62. The van der Waals surface area contributed by atoms with E-state index < -0.39 is 18.0 Å². The van der Waals surface area contributed by atoms with E-state index in [1.54, 1.807) is 13.0 Å². The van der Waals surface area contributed by atoms with Gasteiger partial charge in [0.1, 0.15) is 18.9 Å². The average Bonchev–Trinajstić information content (AvgIpc) is 2.55. The van der Waals surface area contributed by atoms with Crippen LogP contribution >= 0.6 is 11.8 Å². The number of β-lactam (4-membered cyclic amide) rings is 1. The maximum atomic E-state index is 12.4. The predicted octanol–water partition coefficient (Wildman–Crippen LogP) is 1.07. The van der Waals surface area contributed by atoms with Crippen molar-refractivity contribution in [3.8, 4) is 0 Å². The smallest absolute Gasteiger partial charge is 0.355 e. The van der Waals surface area contributed by atoms with Crippen molar-refractivity contribution in [2.24, 2.45) is 11.1 Å².